The Morgan fingerprint density at radius 2 is 1.77 bits per heavy atom. The predicted molar refractivity (Wildman–Crippen MR) is 109 cm³/mol. The molecule has 4 amide bonds. The molecule has 1 aliphatic heterocycles. The fourth-order valence-electron chi connectivity index (χ4n) is 3.46. The van der Waals surface area contributed by atoms with Gasteiger partial charge in [-0.3, -0.25) is 33.7 Å². The summed E-state index contributed by atoms with van der Waals surface area (Å²) in [6, 6.07) is 0. The molecule has 0 spiro atoms. The number of rotatable bonds is 10. The SMILES string of the molecule is CC(C)(C)N1C(=O)CC(SC2CC2(NC(=O)CCCC(=O)O)C(=O)NCC(=O)O)C1=O. The van der Waals surface area contributed by atoms with Gasteiger partial charge in [0.2, 0.25) is 23.6 Å². The molecule has 0 radical (unpaired) electrons. The van der Waals surface area contributed by atoms with Crippen molar-refractivity contribution in [2.45, 2.75) is 74.5 Å². The van der Waals surface area contributed by atoms with Crippen molar-refractivity contribution < 1.29 is 39.0 Å². The van der Waals surface area contributed by atoms with Gasteiger partial charge in [-0.1, -0.05) is 0 Å². The van der Waals surface area contributed by atoms with E-state index in [1.165, 1.54) is 4.90 Å². The Morgan fingerprint density at radius 1 is 1.13 bits per heavy atom. The largest absolute Gasteiger partial charge is 0.481 e. The average Bonchev–Trinajstić information content (AvgIpc) is 3.21. The van der Waals surface area contributed by atoms with Gasteiger partial charge in [0.25, 0.3) is 0 Å². The van der Waals surface area contributed by atoms with Gasteiger partial charge >= 0.3 is 11.9 Å². The number of nitrogens with one attached hydrogen (secondary N) is 2. The molecule has 172 valence electrons. The number of nitrogens with zero attached hydrogens (tertiary/aromatic N) is 1. The van der Waals surface area contributed by atoms with Crippen LogP contribution in [0.15, 0.2) is 0 Å². The van der Waals surface area contributed by atoms with Crippen LogP contribution in [0, 0.1) is 0 Å². The van der Waals surface area contributed by atoms with Crippen LogP contribution in [0.2, 0.25) is 0 Å². The van der Waals surface area contributed by atoms with Gasteiger partial charge in [-0.25, -0.2) is 0 Å². The van der Waals surface area contributed by atoms with Gasteiger partial charge in [-0.2, -0.15) is 0 Å². The van der Waals surface area contributed by atoms with E-state index in [1.807, 2.05) is 0 Å². The first-order valence-corrected chi connectivity index (χ1v) is 10.8. The zero-order valence-corrected chi connectivity index (χ0v) is 18.4. The molecule has 2 fully saturated rings. The molecule has 0 aromatic carbocycles. The number of hydrogen-bond donors (Lipinski definition) is 4. The van der Waals surface area contributed by atoms with Gasteiger partial charge in [0.05, 0.1) is 5.25 Å². The molecule has 4 N–H and O–H groups in total. The van der Waals surface area contributed by atoms with Crippen LogP contribution >= 0.6 is 11.8 Å². The summed E-state index contributed by atoms with van der Waals surface area (Å²) in [5, 5.41) is 21.1. The highest BCUT2D eigenvalue weighted by Gasteiger charge is 2.63. The third kappa shape index (κ3) is 5.96. The number of imide groups is 1. The zero-order valence-electron chi connectivity index (χ0n) is 17.6. The monoisotopic (exact) mass is 457 g/mol. The minimum atomic E-state index is -1.40. The van der Waals surface area contributed by atoms with E-state index in [-0.39, 0.29) is 43.9 Å². The van der Waals surface area contributed by atoms with E-state index >= 15 is 0 Å². The Balaban J connectivity index is 2.08. The Hall–Kier alpha value is -2.63. The fourth-order valence-corrected chi connectivity index (χ4v) is 5.08. The van der Waals surface area contributed by atoms with Gasteiger partial charge in [-0.05, 0) is 33.6 Å². The lowest BCUT2D eigenvalue weighted by atomic mass is 10.1. The number of hydrogen-bond acceptors (Lipinski definition) is 7. The van der Waals surface area contributed by atoms with Crippen molar-refractivity contribution in [3.63, 3.8) is 0 Å². The second-order valence-electron chi connectivity index (χ2n) is 8.60. The van der Waals surface area contributed by atoms with Crippen molar-refractivity contribution in [3.05, 3.63) is 0 Å². The van der Waals surface area contributed by atoms with Crippen LogP contribution < -0.4 is 10.6 Å². The van der Waals surface area contributed by atoms with Crippen LogP contribution in [0.25, 0.3) is 0 Å². The highest BCUT2D eigenvalue weighted by Crippen LogP contribution is 2.50. The van der Waals surface area contributed by atoms with Gasteiger partial charge in [-0.15, -0.1) is 11.8 Å². The second kappa shape index (κ2) is 9.25. The first-order chi connectivity index (χ1) is 14.3. The molecule has 1 heterocycles. The molecule has 1 aliphatic carbocycles. The maximum Gasteiger partial charge on any atom is 0.322 e. The molecule has 1 saturated heterocycles. The summed E-state index contributed by atoms with van der Waals surface area (Å²) in [5.74, 6) is -4.20. The number of carbonyl (C=O) groups excluding carboxylic acids is 4. The summed E-state index contributed by atoms with van der Waals surface area (Å²) >= 11 is 1.12. The summed E-state index contributed by atoms with van der Waals surface area (Å²) in [4.78, 5) is 72.5. The van der Waals surface area contributed by atoms with E-state index < -0.39 is 51.9 Å². The molecule has 0 aromatic rings. The van der Waals surface area contributed by atoms with E-state index in [4.69, 9.17) is 10.2 Å². The first-order valence-electron chi connectivity index (χ1n) is 9.83. The van der Waals surface area contributed by atoms with Crippen LogP contribution in [0.3, 0.4) is 0 Å². The summed E-state index contributed by atoms with van der Waals surface area (Å²) < 4.78 is 0. The topological polar surface area (TPSA) is 170 Å². The first kappa shape index (κ1) is 24.6. The smallest absolute Gasteiger partial charge is 0.322 e. The number of likely N-dealkylation sites (tertiary alicyclic amines) is 1. The Kier molecular flexibility index (Phi) is 7.35. The van der Waals surface area contributed by atoms with Crippen LogP contribution in [0.5, 0.6) is 0 Å². The molecular formula is C19H27N3O8S. The molecule has 3 atom stereocenters. The molecular weight excluding hydrogens is 430 g/mol. The van der Waals surface area contributed by atoms with E-state index in [9.17, 15) is 28.8 Å². The Labute approximate surface area is 183 Å². The quantitative estimate of drug-likeness (QED) is 0.322. The highest BCUT2D eigenvalue weighted by atomic mass is 32.2. The lowest BCUT2D eigenvalue weighted by Gasteiger charge is -2.30. The lowest BCUT2D eigenvalue weighted by molar-refractivity contribution is -0.144. The Bertz CT molecular complexity index is 808. The van der Waals surface area contributed by atoms with Gasteiger partial charge < -0.3 is 20.8 Å². The van der Waals surface area contributed by atoms with Crippen molar-refractivity contribution in [1.82, 2.24) is 15.5 Å². The fraction of sp³-hybridized carbons (Fsp3) is 0.684. The van der Waals surface area contributed by atoms with Gasteiger partial charge in [0, 0.05) is 30.1 Å². The standard InChI is InChI=1S/C19H27N3O8S/c1-18(2,3)22-13(24)7-10(16(22)29)31-11-8-19(11,17(30)20-9-15(27)28)21-12(23)5-4-6-14(25)26/h10-11H,4-9H2,1-3H3,(H,20,30)(H,21,23)(H,25,26)(H,27,28). The van der Waals surface area contributed by atoms with Crippen LogP contribution in [0.4, 0.5) is 0 Å². The van der Waals surface area contributed by atoms with E-state index in [2.05, 4.69) is 10.6 Å². The van der Waals surface area contributed by atoms with Crippen LogP contribution in [-0.4, -0.2) is 78.8 Å². The lowest BCUT2D eigenvalue weighted by Crippen LogP contribution is -2.52. The average molecular weight is 458 g/mol. The number of amides is 4. The number of carbonyl (C=O) groups is 6. The molecule has 1 saturated carbocycles. The molecule has 2 rings (SSSR count). The summed E-state index contributed by atoms with van der Waals surface area (Å²) in [5.41, 5.74) is -2.08. The van der Waals surface area contributed by atoms with Crippen LogP contribution in [0.1, 0.15) is 52.9 Å². The summed E-state index contributed by atoms with van der Waals surface area (Å²) in [6.07, 6.45) is -0.0820. The zero-order chi connectivity index (χ0) is 23.6. The highest BCUT2D eigenvalue weighted by molar-refractivity contribution is 8.01. The molecule has 11 nitrogen and oxygen atoms in total. The maximum atomic E-state index is 12.7. The predicted octanol–water partition coefficient (Wildman–Crippen LogP) is -0.271. The minimum absolute atomic E-state index is 0.0172. The second-order valence-corrected chi connectivity index (χ2v) is 10.0. The molecule has 0 aromatic heterocycles. The minimum Gasteiger partial charge on any atom is -0.481 e. The molecule has 31 heavy (non-hydrogen) atoms. The molecule has 2 aliphatic rings. The van der Waals surface area contributed by atoms with Crippen molar-refractivity contribution in [1.29, 1.82) is 0 Å². The normalized spacial score (nSPS) is 25.3. The van der Waals surface area contributed by atoms with Crippen LogP contribution in [-0.2, 0) is 28.8 Å². The van der Waals surface area contributed by atoms with Crippen molar-refractivity contribution in [2.24, 2.45) is 0 Å². The maximum absolute atomic E-state index is 12.7. The van der Waals surface area contributed by atoms with E-state index in [0.717, 1.165) is 11.8 Å². The van der Waals surface area contributed by atoms with Crippen molar-refractivity contribution in [3.8, 4) is 0 Å². The summed E-state index contributed by atoms with van der Waals surface area (Å²) in [6.45, 7) is 4.60. The molecule has 0 bridgehead atoms. The van der Waals surface area contributed by atoms with Gasteiger partial charge in [0.15, 0.2) is 0 Å². The number of carboxylic acids is 2. The molecule has 3 unspecified atom stereocenters. The third-order valence-corrected chi connectivity index (χ3v) is 6.56. The number of aliphatic carboxylic acids is 2. The molecule has 12 heteroatoms. The third-order valence-electron chi connectivity index (χ3n) is 4.96. The van der Waals surface area contributed by atoms with E-state index in [0.29, 0.717) is 0 Å². The van der Waals surface area contributed by atoms with Crippen molar-refractivity contribution in [2.75, 3.05) is 6.54 Å². The summed E-state index contributed by atoms with van der Waals surface area (Å²) in [7, 11) is 0. The van der Waals surface area contributed by atoms with Gasteiger partial charge in [0.1, 0.15) is 12.1 Å². The Morgan fingerprint density at radius 3 is 2.29 bits per heavy atom. The van der Waals surface area contributed by atoms with Crippen molar-refractivity contribution >= 4 is 47.3 Å². The number of carboxylic acid groups (broad SMARTS) is 2. The van der Waals surface area contributed by atoms with E-state index in [1.54, 1.807) is 20.8 Å². The number of thioether (sulfide) groups is 1.